The van der Waals surface area contributed by atoms with Crippen LogP contribution in [0, 0.1) is 0 Å². The molecule has 1 aromatic carbocycles. The Morgan fingerprint density at radius 3 is 2.77 bits per heavy atom. The molecule has 6 heteroatoms. The molecule has 108 valence electrons. The van der Waals surface area contributed by atoms with Gasteiger partial charge in [0, 0.05) is 34.7 Å². The third-order valence-electron chi connectivity index (χ3n) is 2.90. The van der Waals surface area contributed by atoms with Gasteiger partial charge in [-0.2, -0.15) is 0 Å². The summed E-state index contributed by atoms with van der Waals surface area (Å²) in [5.74, 6) is 0.633. The molecule has 0 unspecified atom stereocenters. The summed E-state index contributed by atoms with van der Waals surface area (Å²) in [6, 6.07) is 12.0. The Kier molecular flexibility index (Phi) is 4.07. The molecule has 22 heavy (non-hydrogen) atoms. The van der Waals surface area contributed by atoms with Crippen molar-refractivity contribution in [3.63, 3.8) is 0 Å². The van der Waals surface area contributed by atoms with Crippen molar-refractivity contribution in [2.75, 3.05) is 5.32 Å². The number of carbonyl (C=O) groups is 1. The van der Waals surface area contributed by atoms with Crippen LogP contribution in [0.5, 0.6) is 0 Å². The van der Waals surface area contributed by atoms with Gasteiger partial charge in [0.25, 0.3) is 5.91 Å². The lowest BCUT2D eigenvalue weighted by molar-refractivity contribution is 0.102. The summed E-state index contributed by atoms with van der Waals surface area (Å²) in [7, 11) is 0. The van der Waals surface area contributed by atoms with Crippen LogP contribution >= 0.6 is 11.6 Å². The molecule has 0 atom stereocenters. The van der Waals surface area contributed by atoms with E-state index in [1.807, 2.05) is 6.07 Å². The molecule has 0 bridgehead atoms. The molecular weight excluding hydrogens is 300 g/mol. The van der Waals surface area contributed by atoms with Gasteiger partial charge in [0.1, 0.15) is 5.82 Å². The summed E-state index contributed by atoms with van der Waals surface area (Å²) < 4.78 is 0. The lowest BCUT2D eigenvalue weighted by Gasteiger charge is -2.06. The first-order valence-corrected chi connectivity index (χ1v) is 6.90. The predicted octanol–water partition coefficient (Wildman–Crippen LogP) is 3.44. The Balaban J connectivity index is 1.83. The molecule has 0 fully saturated rings. The number of rotatable bonds is 3. The molecule has 3 rings (SSSR count). The van der Waals surface area contributed by atoms with E-state index < -0.39 is 0 Å². The van der Waals surface area contributed by atoms with E-state index in [2.05, 4.69) is 20.3 Å². The zero-order valence-corrected chi connectivity index (χ0v) is 12.2. The highest BCUT2D eigenvalue weighted by Crippen LogP contribution is 2.16. The van der Waals surface area contributed by atoms with E-state index in [9.17, 15) is 4.79 Å². The lowest BCUT2D eigenvalue weighted by atomic mass is 10.2. The summed E-state index contributed by atoms with van der Waals surface area (Å²) in [6.07, 6.45) is 4.93. The first-order valence-electron chi connectivity index (χ1n) is 6.53. The number of amides is 1. The Morgan fingerprint density at radius 2 is 2.00 bits per heavy atom. The van der Waals surface area contributed by atoms with Crippen LogP contribution < -0.4 is 5.32 Å². The minimum absolute atomic E-state index is 0.279. The van der Waals surface area contributed by atoms with Gasteiger partial charge in [-0.3, -0.25) is 9.78 Å². The summed E-state index contributed by atoms with van der Waals surface area (Å²) in [5, 5.41) is 3.23. The van der Waals surface area contributed by atoms with Crippen LogP contribution in [0.25, 0.3) is 11.4 Å². The van der Waals surface area contributed by atoms with Crippen molar-refractivity contribution in [1.29, 1.82) is 0 Å². The van der Waals surface area contributed by atoms with Gasteiger partial charge in [0.05, 0.1) is 0 Å². The molecule has 0 spiro atoms. The first-order chi connectivity index (χ1) is 10.7. The number of anilines is 1. The van der Waals surface area contributed by atoms with Gasteiger partial charge in [-0.25, -0.2) is 9.97 Å². The smallest absolute Gasteiger partial charge is 0.256 e. The normalized spacial score (nSPS) is 10.2. The number of halogens is 1. The number of hydrogen-bond donors (Lipinski definition) is 1. The van der Waals surface area contributed by atoms with E-state index in [1.54, 1.807) is 55.0 Å². The lowest BCUT2D eigenvalue weighted by Crippen LogP contribution is -2.13. The molecule has 5 nitrogen and oxygen atoms in total. The largest absolute Gasteiger partial charge is 0.306 e. The summed E-state index contributed by atoms with van der Waals surface area (Å²) in [5.41, 5.74) is 1.25. The van der Waals surface area contributed by atoms with Crippen LogP contribution in [-0.2, 0) is 0 Å². The molecule has 1 amide bonds. The third-order valence-corrected chi connectivity index (χ3v) is 3.14. The van der Waals surface area contributed by atoms with Crippen LogP contribution in [0.1, 0.15) is 10.4 Å². The van der Waals surface area contributed by atoms with Crippen molar-refractivity contribution in [3.8, 4) is 11.4 Å². The van der Waals surface area contributed by atoms with Crippen molar-refractivity contribution in [2.45, 2.75) is 0 Å². The Hall–Kier alpha value is -2.79. The number of carbonyl (C=O) groups excluding carboxylic acids is 1. The Morgan fingerprint density at radius 1 is 1.09 bits per heavy atom. The second kappa shape index (κ2) is 6.32. The monoisotopic (exact) mass is 310 g/mol. The number of hydrogen-bond acceptors (Lipinski definition) is 4. The van der Waals surface area contributed by atoms with Gasteiger partial charge in [-0.15, -0.1) is 0 Å². The molecule has 2 heterocycles. The minimum atomic E-state index is -0.279. The summed E-state index contributed by atoms with van der Waals surface area (Å²) in [4.78, 5) is 24.7. The predicted molar refractivity (Wildman–Crippen MR) is 84.7 cm³/mol. The first kappa shape index (κ1) is 14.2. The second-order valence-electron chi connectivity index (χ2n) is 4.47. The van der Waals surface area contributed by atoms with Crippen LogP contribution in [0.4, 0.5) is 5.82 Å². The second-order valence-corrected chi connectivity index (χ2v) is 4.91. The fourth-order valence-corrected chi connectivity index (χ4v) is 2.07. The van der Waals surface area contributed by atoms with E-state index in [4.69, 9.17) is 11.6 Å². The molecule has 0 saturated carbocycles. The van der Waals surface area contributed by atoms with E-state index in [1.165, 1.54) is 0 Å². The van der Waals surface area contributed by atoms with Gasteiger partial charge in [0.15, 0.2) is 5.82 Å². The number of nitrogens with zero attached hydrogens (tertiary/aromatic N) is 3. The quantitative estimate of drug-likeness (QED) is 0.804. The Bertz CT molecular complexity index is 808. The van der Waals surface area contributed by atoms with Gasteiger partial charge in [-0.1, -0.05) is 17.7 Å². The summed E-state index contributed by atoms with van der Waals surface area (Å²) >= 11 is 5.88. The molecule has 0 aliphatic heterocycles. The maximum atomic E-state index is 12.2. The zero-order valence-electron chi connectivity index (χ0n) is 11.4. The van der Waals surface area contributed by atoms with Crippen molar-refractivity contribution < 1.29 is 4.79 Å². The van der Waals surface area contributed by atoms with Crippen molar-refractivity contribution in [2.24, 2.45) is 0 Å². The average molecular weight is 311 g/mol. The molecule has 0 aliphatic rings. The van der Waals surface area contributed by atoms with Gasteiger partial charge >= 0.3 is 0 Å². The maximum Gasteiger partial charge on any atom is 0.256 e. The maximum absolute atomic E-state index is 12.2. The molecule has 0 aliphatic carbocycles. The van der Waals surface area contributed by atoms with Crippen molar-refractivity contribution >= 4 is 23.3 Å². The highest BCUT2D eigenvalue weighted by atomic mass is 35.5. The molecular formula is C16H11ClN4O. The Labute approximate surface area is 132 Å². The van der Waals surface area contributed by atoms with E-state index in [0.717, 1.165) is 5.56 Å². The number of benzene rings is 1. The highest BCUT2D eigenvalue weighted by molar-refractivity contribution is 6.31. The zero-order chi connectivity index (χ0) is 15.4. The highest BCUT2D eigenvalue weighted by Gasteiger charge is 2.09. The van der Waals surface area contributed by atoms with Crippen LogP contribution in [0.2, 0.25) is 5.02 Å². The average Bonchev–Trinajstić information content (AvgIpc) is 2.56. The van der Waals surface area contributed by atoms with Crippen LogP contribution in [-0.4, -0.2) is 20.9 Å². The van der Waals surface area contributed by atoms with Crippen molar-refractivity contribution in [3.05, 3.63) is 71.6 Å². The molecule has 2 aromatic heterocycles. The SMILES string of the molecule is O=C(Nc1ccnc(-c2cccnc2)n1)c1cccc(Cl)c1. The number of aromatic nitrogens is 3. The summed E-state index contributed by atoms with van der Waals surface area (Å²) in [6.45, 7) is 0. The van der Waals surface area contributed by atoms with Gasteiger partial charge in [0.2, 0.25) is 0 Å². The van der Waals surface area contributed by atoms with Crippen molar-refractivity contribution in [1.82, 2.24) is 15.0 Å². The van der Waals surface area contributed by atoms with E-state index in [-0.39, 0.29) is 5.91 Å². The third kappa shape index (κ3) is 3.27. The molecule has 0 saturated heterocycles. The topological polar surface area (TPSA) is 67.8 Å². The van der Waals surface area contributed by atoms with E-state index in [0.29, 0.717) is 22.2 Å². The standard InChI is InChI=1S/C16H11ClN4O/c17-13-5-1-3-11(9-13)16(22)21-14-6-8-19-15(20-14)12-4-2-7-18-10-12/h1-10H,(H,19,20,21,22). The molecule has 3 aromatic rings. The van der Waals surface area contributed by atoms with Crippen LogP contribution in [0.3, 0.4) is 0 Å². The van der Waals surface area contributed by atoms with Gasteiger partial charge < -0.3 is 5.32 Å². The van der Waals surface area contributed by atoms with E-state index >= 15 is 0 Å². The number of nitrogens with one attached hydrogen (secondary N) is 1. The fourth-order valence-electron chi connectivity index (χ4n) is 1.88. The van der Waals surface area contributed by atoms with Gasteiger partial charge in [-0.05, 0) is 36.4 Å². The molecule has 1 N–H and O–H groups in total. The minimum Gasteiger partial charge on any atom is -0.306 e. The molecule has 0 radical (unpaired) electrons. The van der Waals surface area contributed by atoms with Crippen LogP contribution in [0.15, 0.2) is 61.1 Å². The fraction of sp³-hybridized carbons (Fsp3) is 0. The number of pyridine rings is 1.